The summed E-state index contributed by atoms with van der Waals surface area (Å²) >= 11 is 0. The van der Waals surface area contributed by atoms with Crippen molar-refractivity contribution < 1.29 is 9.15 Å². The topological polar surface area (TPSA) is 42.7 Å². The van der Waals surface area contributed by atoms with Crippen molar-refractivity contribution in [3.8, 4) is 5.75 Å². The van der Waals surface area contributed by atoms with Crippen molar-refractivity contribution in [3.05, 3.63) is 68.1 Å². The van der Waals surface area contributed by atoms with E-state index in [9.17, 15) is 4.79 Å². The van der Waals surface area contributed by atoms with Crippen molar-refractivity contribution in [3.63, 3.8) is 0 Å². The lowest BCUT2D eigenvalue weighted by Crippen LogP contribution is -2.33. The summed E-state index contributed by atoms with van der Waals surface area (Å²) in [5.41, 5.74) is 7.78. The Morgan fingerprint density at radius 3 is 2.50 bits per heavy atom. The standard InChI is InChI=1S/C22H23NO3/c1-12-7-6-8-19(13(12)2)23-10-17-9-18-14(3)15(4)22(24)26-21(18)16(5)20(17)25-11-23/h6-9H,10-11H2,1-5H3. The zero-order chi connectivity index (χ0) is 18.6. The van der Waals surface area contributed by atoms with Gasteiger partial charge in [0, 0.05) is 34.3 Å². The van der Waals surface area contributed by atoms with Crippen LogP contribution in [0.5, 0.6) is 5.75 Å². The number of aryl methyl sites for hydroxylation is 3. The minimum atomic E-state index is -0.272. The first kappa shape index (κ1) is 16.7. The van der Waals surface area contributed by atoms with Crippen molar-refractivity contribution in [1.29, 1.82) is 0 Å². The summed E-state index contributed by atoms with van der Waals surface area (Å²) in [5, 5.41) is 0.991. The molecule has 2 heterocycles. The molecule has 4 rings (SSSR count). The summed E-state index contributed by atoms with van der Waals surface area (Å²) in [6.07, 6.45) is 0. The van der Waals surface area contributed by atoms with Crippen LogP contribution < -0.4 is 15.3 Å². The van der Waals surface area contributed by atoms with E-state index in [2.05, 4.69) is 43.0 Å². The SMILES string of the molecule is Cc1cccc(N2COc3c(cc4c(C)c(C)c(=O)oc4c3C)C2)c1C. The van der Waals surface area contributed by atoms with Crippen LogP contribution in [0, 0.1) is 34.6 Å². The average molecular weight is 349 g/mol. The lowest BCUT2D eigenvalue weighted by atomic mass is 9.98. The van der Waals surface area contributed by atoms with Crippen LogP contribution in [0.3, 0.4) is 0 Å². The molecule has 134 valence electrons. The van der Waals surface area contributed by atoms with Crippen molar-refractivity contribution >= 4 is 16.7 Å². The zero-order valence-electron chi connectivity index (χ0n) is 15.9. The second kappa shape index (κ2) is 5.90. The molecule has 1 aliphatic heterocycles. The van der Waals surface area contributed by atoms with E-state index in [1.165, 1.54) is 16.8 Å². The first-order chi connectivity index (χ1) is 12.4. The molecule has 3 aromatic rings. The van der Waals surface area contributed by atoms with Gasteiger partial charge in [-0.3, -0.25) is 0 Å². The van der Waals surface area contributed by atoms with Crippen LogP contribution in [0.25, 0.3) is 11.0 Å². The van der Waals surface area contributed by atoms with Crippen LogP contribution in [-0.4, -0.2) is 6.73 Å². The minimum Gasteiger partial charge on any atom is -0.472 e. The van der Waals surface area contributed by atoms with Crippen LogP contribution in [0.15, 0.2) is 33.5 Å². The molecule has 0 radical (unpaired) electrons. The first-order valence-electron chi connectivity index (χ1n) is 8.89. The highest BCUT2D eigenvalue weighted by Crippen LogP contribution is 2.37. The lowest BCUT2D eigenvalue weighted by molar-refractivity contribution is 0.287. The number of benzene rings is 2. The molecule has 26 heavy (non-hydrogen) atoms. The molecule has 0 saturated heterocycles. The van der Waals surface area contributed by atoms with E-state index in [0.29, 0.717) is 17.9 Å². The third kappa shape index (κ3) is 2.40. The van der Waals surface area contributed by atoms with Crippen LogP contribution in [0.4, 0.5) is 5.69 Å². The normalized spacial score (nSPS) is 13.7. The van der Waals surface area contributed by atoms with E-state index < -0.39 is 0 Å². The second-order valence-corrected chi connectivity index (χ2v) is 7.20. The van der Waals surface area contributed by atoms with Gasteiger partial charge < -0.3 is 14.1 Å². The Morgan fingerprint density at radius 1 is 0.962 bits per heavy atom. The van der Waals surface area contributed by atoms with E-state index in [1.54, 1.807) is 0 Å². The van der Waals surface area contributed by atoms with Gasteiger partial charge in [0.15, 0.2) is 6.73 Å². The molecule has 0 bridgehead atoms. The molecule has 2 aromatic carbocycles. The summed E-state index contributed by atoms with van der Waals surface area (Å²) < 4.78 is 11.7. The molecule has 0 atom stereocenters. The summed E-state index contributed by atoms with van der Waals surface area (Å²) in [6, 6.07) is 8.46. The molecule has 1 aliphatic rings. The molecule has 0 saturated carbocycles. The quantitative estimate of drug-likeness (QED) is 0.598. The Labute approximate surface area is 153 Å². The van der Waals surface area contributed by atoms with Crippen molar-refractivity contribution in [2.75, 3.05) is 11.6 Å². The summed E-state index contributed by atoms with van der Waals surface area (Å²) in [6.45, 7) is 11.3. The molecule has 0 fully saturated rings. The van der Waals surface area contributed by atoms with Crippen LogP contribution >= 0.6 is 0 Å². The summed E-state index contributed by atoms with van der Waals surface area (Å²) in [7, 11) is 0. The molecule has 4 heteroatoms. The Bertz CT molecular complexity index is 1090. The number of rotatable bonds is 1. The maximum absolute atomic E-state index is 12.1. The van der Waals surface area contributed by atoms with Gasteiger partial charge in [0.05, 0.1) is 0 Å². The van der Waals surface area contributed by atoms with Crippen LogP contribution in [-0.2, 0) is 6.54 Å². The molecule has 0 amide bonds. The fraction of sp³-hybridized carbons (Fsp3) is 0.318. The van der Waals surface area contributed by atoms with Gasteiger partial charge in [-0.15, -0.1) is 0 Å². The van der Waals surface area contributed by atoms with Gasteiger partial charge in [0.25, 0.3) is 0 Å². The van der Waals surface area contributed by atoms with E-state index in [4.69, 9.17) is 9.15 Å². The number of anilines is 1. The highest BCUT2D eigenvalue weighted by Gasteiger charge is 2.24. The van der Waals surface area contributed by atoms with Gasteiger partial charge in [-0.2, -0.15) is 0 Å². The van der Waals surface area contributed by atoms with Gasteiger partial charge in [-0.05, 0) is 63.4 Å². The Kier molecular flexibility index (Phi) is 3.79. The fourth-order valence-corrected chi connectivity index (χ4v) is 3.73. The molecule has 0 unspecified atom stereocenters. The third-order valence-electron chi connectivity index (χ3n) is 5.65. The number of ether oxygens (including phenoxy) is 1. The van der Waals surface area contributed by atoms with E-state index in [-0.39, 0.29) is 5.63 Å². The second-order valence-electron chi connectivity index (χ2n) is 7.20. The fourth-order valence-electron chi connectivity index (χ4n) is 3.73. The predicted octanol–water partition coefficient (Wildman–Crippen LogP) is 4.69. The van der Waals surface area contributed by atoms with Crippen molar-refractivity contribution in [2.24, 2.45) is 0 Å². The minimum absolute atomic E-state index is 0.272. The molecule has 0 aliphatic carbocycles. The van der Waals surface area contributed by atoms with Crippen molar-refractivity contribution in [2.45, 2.75) is 41.2 Å². The van der Waals surface area contributed by atoms with E-state index >= 15 is 0 Å². The van der Waals surface area contributed by atoms with E-state index in [0.717, 1.165) is 34.4 Å². The van der Waals surface area contributed by atoms with E-state index in [1.807, 2.05) is 20.8 Å². The molecular formula is C22H23NO3. The van der Waals surface area contributed by atoms with Gasteiger partial charge in [-0.25, -0.2) is 4.79 Å². The highest BCUT2D eigenvalue weighted by atomic mass is 16.5. The summed E-state index contributed by atoms with van der Waals surface area (Å²) in [5.74, 6) is 0.838. The van der Waals surface area contributed by atoms with Crippen LogP contribution in [0.1, 0.15) is 33.4 Å². The maximum Gasteiger partial charge on any atom is 0.339 e. The average Bonchev–Trinajstić information content (AvgIpc) is 2.63. The van der Waals surface area contributed by atoms with Crippen molar-refractivity contribution in [1.82, 2.24) is 0 Å². The van der Waals surface area contributed by atoms with Gasteiger partial charge in [-0.1, -0.05) is 12.1 Å². The van der Waals surface area contributed by atoms with Crippen LogP contribution in [0.2, 0.25) is 0 Å². The number of hydrogen-bond acceptors (Lipinski definition) is 4. The molecular weight excluding hydrogens is 326 g/mol. The van der Waals surface area contributed by atoms with Gasteiger partial charge >= 0.3 is 5.63 Å². The zero-order valence-corrected chi connectivity index (χ0v) is 15.9. The largest absolute Gasteiger partial charge is 0.472 e. The number of fused-ring (bicyclic) bond motifs is 2. The Hall–Kier alpha value is -2.75. The van der Waals surface area contributed by atoms with Gasteiger partial charge in [0.2, 0.25) is 0 Å². The smallest absolute Gasteiger partial charge is 0.339 e. The molecule has 4 nitrogen and oxygen atoms in total. The first-order valence-corrected chi connectivity index (χ1v) is 8.89. The molecule has 0 spiro atoms. The molecule has 1 aromatic heterocycles. The highest BCUT2D eigenvalue weighted by molar-refractivity contribution is 5.87. The third-order valence-corrected chi connectivity index (χ3v) is 5.65. The lowest BCUT2D eigenvalue weighted by Gasteiger charge is -2.33. The number of hydrogen-bond donors (Lipinski definition) is 0. The maximum atomic E-state index is 12.1. The number of nitrogens with zero attached hydrogens (tertiary/aromatic N) is 1. The summed E-state index contributed by atoms with van der Waals surface area (Å²) in [4.78, 5) is 14.3. The Morgan fingerprint density at radius 2 is 1.73 bits per heavy atom. The monoisotopic (exact) mass is 349 g/mol. The molecule has 0 N–H and O–H groups in total. The predicted molar refractivity (Wildman–Crippen MR) is 104 cm³/mol. The Balaban J connectivity index is 1.86. The van der Waals surface area contributed by atoms with Gasteiger partial charge in [0.1, 0.15) is 11.3 Å².